The lowest BCUT2D eigenvalue weighted by molar-refractivity contribution is 0.343. The second kappa shape index (κ2) is 6.57. The smallest absolute Gasteiger partial charge is 0.210 e. The molecule has 0 unspecified atom stereocenters. The lowest BCUT2D eigenvalue weighted by Gasteiger charge is -2.23. The molecule has 1 rings (SSSR count). The summed E-state index contributed by atoms with van der Waals surface area (Å²) >= 11 is 0. The van der Waals surface area contributed by atoms with Crippen LogP contribution in [0.4, 0.5) is 0 Å². The van der Waals surface area contributed by atoms with E-state index >= 15 is 0 Å². The molecular weight excluding hydrogens is 224 g/mol. The number of nitrogens with two attached hydrogens (primary N) is 1. The number of nitrogens with one attached hydrogen (secondary N) is 1. The molecule has 1 aliphatic carbocycles. The third-order valence-corrected chi connectivity index (χ3v) is 4.23. The molecule has 0 bridgehead atoms. The van der Waals surface area contributed by atoms with Crippen molar-refractivity contribution in [2.45, 2.75) is 51.5 Å². The second-order valence-electron chi connectivity index (χ2n) is 4.86. The van der Waals surface area contributed by atoms with Gasteiger partial charge in [-0.2, -0.15) is 0 Å². The maximum atomic E-state index is 10.8. The van der Waals surface area contributed by atoms with Crippen molar-refractivity contribution in [1.82, 2.24) is 5.32 Å². The molecule has 0 aromatic carbocycles. The van der Waals surface area contributed by atoms with E-state index in [4.69, 9.17) is 5.14 Å². The molecule has 0 spiro atoms. The summed E-state index contributed by atoms with van der Waals surface area (Å²) in [5.74, 6) is 0.729. The minimum absolute atomic E-state index is 0.0318. The van der Waals surface area contributed by atoms with Crippen molar-refractivity contribution in [2.75, 3.05) is 12.3 Å². The highest BCUT2D eigenvalue weighted by Crippen LogP contribution is 2.25. The van der Waals surface area contributed by atoms with E-state index in [9.17, 15) is 8.42 Å². The lowest BCUT2D eigenvalue weighted by atomic mass is 9.93. The molecule has 1 atom stereocenters. The first-order chi connectivity index (χ1) is 7.49. The predicted octanol–water partition coefficient (Wildman–Crippen LogP) is 1.22. The fourth-order valence-corrected chi connectivity index (χ4v) is 2.81. The molecule has 1 fully saturated rings. The zero-order valence-electron chi connectivity index (χ0n) is 10.1. The normalized spacial score (nSPS) is 21.6. The first-order valence-electron chi connectivity index (χ1n) is 6.23. The highest BCUT2D eigenvalue weighted by molar-refractivity contribution is 7.89. The summed E-state index contributed by atoms with van der Waals surface area (Å²) < 4.78 is 21.6. The van der Waals surface area contributed by atoms with Gasteiger partial charge in [-0.25, -0.2) is 13.6 Å². The Morgan fingerprint density at radius 2 is 1.81 bits per heavy atom. The van der Waals surface area contributed by atoms with Crippen LogP contribution in [0.3, 0.4) is 0 Å². The summed E-state index contributed by atoms with van der Waals surface area (Å²) in [6, 6.07) is 0.403. The topological polar surface area (TPSA) is 72.2 Å². The van der Waals surface area contributed by atoms with Crippen LogP contribution in [0.25, 0.3) is 0 Å². The highest BCUT2D eigenvalue weighted by Gasteiger charge is 2.18. The summed E-state index contributed by atoms with van der Waals surface area (Å²) in [6.45, 7) is 2.62. The third-order valence-electron chi connectivity index (χ3n) is 3.46. The van der Waals surface area contributed by atoms with Crippen molar-refractivity contribution in [3.63, 3.8) is 0 Å². The van der Waals surface area contributed by atoms with Crippen molar-refractivity contribution in [2.24, 2.45) is 11.1 Å². The van der Waals surface area contributed by atoms with E-state index in [1.165, 1.54) is 38.5 Å². The number of hydrogen-bond donors (Lipinski definition) is 2. The quantitative estimate of drug-likeness (QED) is 0.719. The number of primary sulfonamides is 1. The van der Waals surface area contributed by atoms with Gasteiger partial charge in [-0.15, -0.1) is 0 Å². The Kier molecular flexibility index (Phi) is 5.72. The minimum atomic E-state index is -3.32. The van der Waals surface area contributed by atoms with Gasteiger partial charge in [0.2, 0.25) is 10.0 Å². The molecule has 3 N–H and O–H groups in total. The highest BCUT2D eigenvalue weighted by atomic mass is 32.2. The van der Waals surface area contributed by atoms with Gasteiger partial charge in [-0.05, 0) is 25.7 Å². The molecule has 0 aliphatic heterocycles. The second-order valence-corrected chi connectivity index (χ2v) is 6.60. The van der Waals surface area contributed by atoms with Crippen LogP contribution in [0.15, 0.2) is 0 Å². The first-order valence-corrected chi connectivity index (χ1v) is 7.94. The molecular formula is C11H24N2O2S. The molecule has 0 aromatic heterocycles. The van der Waals surface area contributed by atoms with Crippen LogP contribution in [0.1, 0.15) is 45.4 Å². The predicted molar refractivity (Wildman–Crippen MR) is 66.6 cm³/mol. The summed E-state index contributed by atoms with van der Waals surface area (Å²) in [5.41, 5.74) is 0. The van der Waals surface area contributed by atoms with Gasteiger partial charge in [-0.3, -0.25) is 0 Å². The van der Waals surface area contributed by atoms with Crippen molar-refractivity contribution in [3.05, 3.63) is 0 Å². The van der Waals surface area contributed by atoms with E-state index in [0.717, 1.165) is 0 Å². The van der Waals surface area contributed by atoms with Gasteiger partial charge in [-0.1, -0.05) is 25.7 Å². The SMILES string of the molecule is C[C@@H](NCCS(N)(=O)=O)C1CCCCCC1. The first kappa shape index (κ1) is 13.9. The molecule has 0 heterocycles. The Bertz CT molecular complexity index is 282. The van der Waals surface area contributed by atoms with Gasteiger partial charge in [0.15, 0.2) is 0 Å². The van der Waals surface area contributed by atoms with Crippen LogP contribution < -0.4 is 10.5 Å². The molecule has 4 nitrogen and oxygen atoms in total. The molecule has 16 heavy (non-hydrogen) atoms. The molecule has 0 aromatic rings. The maximum Gasteiger partial charge on any atom is 0.210 e. The van der Waals surface area contributed by atoms with Crippen molar-refractivity contribution in [1.29, 1.82) is 0 Å². The average molecular weight is 248 g/mol. The summed E-state index contributed by atoms with van der Waals surface area (Å²) in [4.78, 5) is 0. The Hall–Kier alpha value is -0.130. The van der Waals surface area contributed by atoms with Crippen LogP contribution in [-0.4, -0.2) is 26.8 Å². The molecule has 1 aliphatic rings. The van der Waals surface area contributed by atoms with Gasteiger partial charge < -0.3 is 5.32 Å². The average Bonchev–Trinajstić information content (AvgIpc) is 2.43. The van der Waals surface area contributed by atoms with Crippen LogP contribution in [-0.2, 0) is 10.0 Å². The molecule has 1 saturated carbocycles. The van der Waals surface area contributed by atoms with Crippen LogP contribution in [0.2, 0.25) is 0 Å². The largest absolute Gasteiger partial charge is 0.313 e. The molecule has 0 radical (unpaired) electrons. The minimum Gasteiger partial charge on any atom is -0.313 e. The van der Waals surface area contributed by atoms with E-state index in [-0.39, 0.29) is 5.75 Å². The number of hydrogen-bond acceptors (Lipinski definition) is 3. The van der Waals surface area contributed by atoms with E-state index in [1.54, 1.807) is 0 Å². The molecule has 96 valence electrons. The van der Waals surface area contributed by atoms with Gasteiger partial charge in [0.1, 0.15) is 0 Å². The van der Waals surface area contributed by atoms with Crippen LogP contribution in [0, 0.1) is 5.92 Å². The maximum absolute atomic E-state index is 10.8. The Morgan fingerprint density at radius 3 is 2.31 bits per heavy atom. The molecule has 5 heteroatoms. The Labute approximate surface area is 99.0 Å². The van der Waals surface area contributed by atoms with E-state index < -0.39 is 10.0 Å². The zero-order valence-corrected chi connectivity index (χ0v) is 10.9. The lowest BCUT2D eigenvalue weighted by Crippen LogP contribution is -2.37. The zero-order chi connectivity index (χ0) is 12.0. The number of rotatable bonds is 5. The van der Waals surface area contributed by atoms with Crippen molar-refractivity contribution < 1.29 is 8.42 Å². The summed E-state index contributed by atoms with van der Waals surface area (Å²) in [6.07, 6.45) is 7.85. The fourth-order valence-electron chi connectivity index (χ4n) is 2.41. The summed E-state index contributed by atoms with van der Waals surface area (Å²) in [7, 11) is -3.32. The van der Waals surface area contributed by atoms with Crippen molar-refractivity contribution >= 4 is 10.0 Å². The Morgan fingerprint density at radius 1 is 1.25 bits per heavy atom. The van der Waals surface area contributed by atoms with Gasteiger partial charge in [0.25, 0.3) is 0 Å². The monoisotopic (exact) mass is 248 g/mol. The standard InChI is InChI=1S/C11H24N2O2S/c1-10(13-8-9-16(12,14)15)11-6-4-2-3-5-7-11/h10-11,13H,2-9H2,1H3,(H2,12,14,15)/t10-/m1/s1. The van der Waals surface area contributed by atoms with Gasteiger partial charge in [0.05, 0.1) is 5.75 Å². The fraction of sp³-hybridized carbons (Fsp3) is 1.00. The van der Waals surface area contributed by atoms with E-state index in [1.807, 2.05) is 0 Å². The summed E-state index contributed by atoms with van der Waals surface area (Å²) in [5, 5.41) is 8.23. The van der Waals surface area contributed by atoms with Gasteiger partial charge >= 0.3 is 0 Å². The van der Waals surface area contributed by atoms with E-state index in [2.05, 4.69) is 12.2 Å². The third kappa shape index (κ3) is 5.82. The molecule has 0 saturated heterocycles. The van der Waals surface area contributed by atoms with Crippen LogP contribution >= 0.6 is 0 Å². The van der Waals surface area contributed by atoms with Crippen molar-refractivity contribution in [3.8, 4) is 0 Å². The van der Waals surface area contributed by atoms with Gasteiger partial charge in [0, 0.05) is 12.6 Å². The van der Waals surface area contributed by atoms with Crippen LogP contribution in [0.5, 0.6) is 0 Å². The molecule has 0 amide bonds. The number of sulfonamides is 1. The van der Waals surface area contributed by atoms with E-state index in [0.29, 0.717) is 18.5 Å². The Balaban J connectivity index is 2.25.